The molecule has 0 radical (unpaired) electrons. The second kappa shape index (κ2) is 5.52. The van der Waals surface area contributed by atoms with Crippen LogP contribution < -0.4 is 5.32 Å². The van der Waals surface area contributed by atoms with Gasteiger partial charge in [0, 0.05) is 25.0 Å². The first kappa shape index (κ1) is 14.4. The molecule has 0 bridgehead atoms. The van der Waals surface area contributed by atoms with Crippen molar-refractivity contribution in [3.63, 3.8) is 0 Å². The van der Waals surface area contributed by atoms with Crippen molar-refractivity contribution in [3.05, 3.63) is 41.6 Å². The molecule has 0 aromatic carbocycles. The fraction of sp³-hybridized carbons (Fsp3) is 0.385. The molecule has 0 saturated heterocycles. The van der Waals surface area contributed by atoms with E-state index in [4.69, 9.17) is 0 Å². The highest BCUT2D eigenvalue weighted by molar-refractivity contribution is 5.36. The van der Waals surface area contributed by atoms with E-state index >= 15 is 0 Å². The number of rotatable bonds is 4. The minimum Gasteiger partial charge on any atom is -0.368 e. The molecule has 108 valence electrons. The molecule has 20 heavy (non-hydrogen) atoms. The third-order valence-electron chi connectivity index (χ3n) is 3.09. The fourth-order valence-electron chi connectivity index (χ4n) is 1.74. The molecule has 4 nitrogen and oxygen atoms in total. The van der Waals surface area contributed by atoms with Gasteiger partial charge in [0.1, 0.15) is 5.82 Å². The molecule has 0 spiro atoms. The van der Waals surface area contributed by atoms with Gasteiger partial charge in [0.05, 0.1) is 17.6 Å². The van der Waals surface area contributed by atoms with Gasteiger partial charge in [-0.1, -0.05) is 0 Å². The van der Waals surface area contributed by atoms with E-state index in [-0.39, 0.29) is 0 Å². The van der Waals surface area contributed by atoms with E-state index in [0.717, 1.165) is 23.7 Å². The van der Waals surface area contributed by atoms with Gasteiger partial charge in [-0.25, -0.2) is 9.97 Å². The van der Waals surface area contributed by atoms with Gasteiger partial charge in [-0.15, -0.1) is 0 Å². The molecule has 1 N–H and O–H groups in total. The Morgan fingerprint density at radius 1 is 1.20 bits per heavy atom. The van der Waals surface area contributed by atoms with Gasteiger partial charge < -0.3 is 9.88 Å². The lowest BCUT2D eigenvalue weighted by atomic mass is 10.3. The normalized spacial score (nSPS) is 11.7. The Morgan fingerprint density at radius 2 is 1.95 bits per heavy atom. The van der Waals surface area contributed by atoms with E-state index in [1.807, 2.05) is 18.4 Å². The van der Waals surface area contributed by atoms with Crippen LogP contribution in [0.2, 0.25) is 0 Å². The largest absolute Gasteiger partial charge is 0.417 e. The zero-order chi connectivity index (χ0) is 14.8. The SMILES string of the molecule is Cc1ncn(CCNc2ccc(C(F)(F)F)cn2)c1C. The third-order valence-corrected chi connectivity index (χ3v) is 3.09. The number of anilines is 1. The monoisotopic (exact) mass is 284 g/mol. The van der Waals surface area contributed by atoms with Crippen LogP contribution in [0.1, 0.15) is 17.0 Å². The molecule has 0 aliphatic rings. The maximum Gasteiger partial charge on any atom is 0.417 e. The smallest absolute Gasteiger partial charge is 0.368 e. The van der Waals surface area contributed by atoms with Crippen LogP contribution in [0.25, 0.3) is 0 Å². The summed E-state index contributed by atoms with van der Waals surface area (Å²) in [5, 5.41) is 2.98. The number of aromatic nitrogens is 3. The fourth-order valence-corrected chi connectivity index (χ4v) is 1.74. The number of pyridine rings is 1. The summed E-state index contributed by atoms with van der Waals surface area (Å²) in [5.74, 6) is 0.424. The number of aryl methyl sites for hydroxylation is 1. The number of imidazole rings is 1. The molecule has 0 fully saturated rings. The van der Waals surface area contributed by atoms with Crippen molar-refractivity contribution in [1.82, 2.24) is 14.5 Å². The first-order valence-corrected chi connectivity index (χ1v) is 6.13. The number of nitrogens with zero attached hydrogens (tertiary/aromatic N) is 3. The standard InChI is InChI=1S/C13H15F3N4/c1-9-10(2)20(8-19-9)6-5-17-12-4-3-11(7-18-12)13(14,15)16/h3-4,7-8H,5-6H2,1-2H3,(H,17,18). The predicted molar refractivity (Wildman–Crippen MR) is 69.4 cm³/mol. The first-order chi connectivity index (χ1) is 9.38. The van der Waals surface area contributed by atoms with Gasteiger partial charge in [-0.2, -0.15) is 13.2 Å². The number of alkyl halides is 3. The van der Waals surface area contributed by atoms with Crippen molar-refractivity contribution in [1.29, 1.82) is 0 Å². The summed E-state index contributed by atoms with van der Waals surface area (Å²) >= 11 is 0. The summed E-state index contributed by atoms with van der Waals surface area (Å²) in [6.07, 6.45) is -1.78. The van der Waals surface area contributed by atoms with Crippen LogP contribution in [-0.4, -0.2) is 21.1 Å². The zero-order valence-corrected chi connectivity index (χ0v) is 11.2. The Labute approximate surface area is 114 Å². The molecular weight excluding hydrogens is 269 g/mol. The van der Waals surface area contributed by atoms with Crippen molar-refractivity contribution < 1.29 is 13.2 Å². The Morgan fingerprint density at radius 3 is 2.45 bits per heavy atom. The molecule has 0 amide bonds. The highest BCUT2D eigenvalue weighted by Gasteiger charge is 2.30. The van der Waals surface area contributed by atoms with Crippen LogP contribution in [0.15, 0.2) is 24.7 Å². The summed E-state index contributed by atoms with van der Waals surface area (Å²) in [4.78, 5) is 7.92. The summed E-state index contributed by atoms with van der Waals surface area (Å²) in [7, 11) is 0. The van der Waals surface area contributed by atoms with Crippen molar-refractivity contribution in [3.8, 4) is 0 Å². The van der Waals surface area contributed by atoms with Crippen LogP contribution in [0.5, 0.6) is 0 Å². The molecule has 0 aliphatic heterocycles. The number of hydrogen-bond acceptors (Lipinski definition) is 3. The average Bonchev–Trinajstić information content (AvgIpc) is 2.70. The number of halogens is 3. The Bertz CT molecular complexity index is 572. The molecule has 0 saturated carbocycles. The summed E-state index contributed by atoms with van der Waals surface area (Å²) in [6.45, 7) is 5.14. The molecule has 0 aliphatic carbocycles. The summed E-state index contributed by atoms with van der Waals surface area (Å²) in [5.41, 5.74) is 1.30. The van der Waals surface area contributed by atoms with Gasteiger partial charge in [0.2, 0.25) is 0 Å². The Balaban J connectivity index is 1.90. The van der Waals surface area contributed by atoms with Crippen molar-refractivity contribution >= 4 is 5.82 Å². The molecule has 7 heteroatoms. The van der Waals surface area contributed by atoms with E-state index in [1.165, 1.54) is 6.07 Å². The maximum absolute atomic E-state index is 12.4. The van der Waals surface area contributed by atoms with Crippen LogP contribution in [0.4, 0.5) is 19.0 Å². The Kier molecular flexibility index (Phi) is 3.96. The third kappa shape index (κ3) is 3.28. The van der Waals surface area contributed by atoms with Gasteiger partial charge in [0.25, 0.3) is 0 Å². The Hall–Kier alpha value is -2.05. The topological polar surface area (TPSA) is 42.7 Å². The maximum atomic E-state index is 12.4. The molecule has 2 aromatic heterocycles. The molecule has 0 unspecified atom stereocenters. The molecule has 0 atom stereocenters. The van der Waals surface area contributed by atoms with Gasteiger partial charge in [-0.3, -0.25) is 0 Å². The van der Waals surface area contributed by atoms with E-state index in [9.17, 15) is 13.2 Å². The molecular formula is C13H15F3N4. The van der Waals surface area contributed by atoms with Crippen LogP contribution in [-0.2, 0) is 12.7 Å². The van der Waals surface area contributed by atoms with Gasteiger partial charge in [0.15, 0.2) is 0 Å². The highest BCUT2D eigenvalue weighted by Crippen LogP contribution is 2.28. The first-order valence-electron chi connectivity index (χ1n) is 6.13. The van der Waals surface area contributed by atoms with Crippen LogP contribution in [0, 0.1) is 13.8 Å². The van der Waals surface area contributed by atoms with Crippen molar-refractivity contribution in [2.75, 3.05) is 11.9 Å². The van der Waals surface area contributed by atoms with E-state index in [2.05, 4.69) is 15.3 Å². The lowest BCUT2D eigenvalue weighted by Crippen LogP contribution is -2.12. The quantitative estimate of drug-likeness (QED) is 0.938. The minimum absolute atomic E-state index is 0.424. The minimum atomic E-state index is -4.35. The highest BCUT2D eigenvalue weighted by atomic mass is 19.4. The second-order valence-electron chi connectivity index (χ2n) is 4.47. The second-order valence-corrected chi connectivity index (χ2v) is 4.47. The van der Waals surface area contributed by atoms with Crippen molar-refractivity contribution in [2.24, 2.45) is 0 Å². The van der Waals surface area contributed by atoms with E-state index < -0.39 is 11.7 Å². The lowest BCUT2D eigenvalue weighted by molar-refractivity contribution is -0.137. The zero-order valence-electron chi connectivity index (χ0n) is 11.2. The molecule has 2 heterocycles. The van der Waals surface area contributed by atoms with E-state index in [1.54, 1.807) is 6.33 Å². The average molecular weight is 284 g/mol. The van der Waals surface area contributed by atoms with Gasteiger partial charge in [-0.05, 0) is 26.0 Å². The molecule has 2 rings (SSSR count). The van der Waals surface area contributed by atoms with E-state index in [0.29, 0.717) is 18.9 Å². The molecule has 2 aromatic rings. The van der Waals surface area contributed by atoms with Crippen molar-refractivity contribution in [2.45, 2.75) is 26.6 Å². The summed E-state index contributed by atoms with van der Waals surface area (Å²) in [6, 6.07) is 2.34. The lowest BCUT2D eigenvalue weighted by Gasteiger charge is -2.09. The van der Waals surface area contributed by atoms with Crippen LogP contribution >= 0.6 is 0 Å². The van der Waals surface area contributed by atoms with Crippen LogP contribution in [0.3, 0.4) is 0 Å². The summed E-state index contributed by atoms with van der Waals surface area (Å²) < 4.78 is 39.1. The predicted octanol–water partition coefficient (Wildman–Crippen LogP) is 3.03. The van der Waals surface area contributed by atoms with Gasteiger partial charge >= 0.3 is 6.18 Å². The number of hydrogen-bond donors (Lipinski definition) is 1. The number of nitrogens with one attached hydrogen (secondary N) is 1.